The second-order valence-electron chi connectivity index (χ2n) is 6.59. The first-order valence-electron chi connectivity index (χ1n) is 9.00. The number of hydrogen-bond donors (Lipinski definition) is 1. The van der Waals surface area contributed by atoms with Gasteiger partial charge in [0.25, 0.3) is 6.01 Å². The second-order valence-corrected chi connectivity index (χ2v) is 6.59. The van der Waals surface area contributed by atoms with E-state index in [1.165, 1.54) is 12.5 Å². The third-order valence-corrected chi connectivity index (χ3v) is 4.66. The molecule has 0 spiro atoms. The van der Waals surface area contributed by atoms with Crippen LogP contribution in [0.1, 0.15) is 24.8 Å². The van der Waals surface area contributed by atoms with Crippen molar-refractivity contribution in [1.29, 1.82) is 5.26 Å². The monoisotopic (exact) mass is 362 g/mol. The highest BCUT2D eigenvalue weighted by atomic mass is 19.1. The lowest BCUT2D eigenvalue weighted by Crippen LogP contribution is -2.29. The van der Waals surface area contributed by atoms with Gasteiger partial charge in [-0.1, -0.05) is 0 Å². The Labute approximate surface area is 157 Å². The van der Waals surface area contributed by atoms with Crippen molar-refractivity contribution >= 4 is 17.4 Å². The number of nitriles is 1. The molecule has 2 heterocycles. The average molecular weight is 362 g/mol. The zero-order chi connectivity index (χ0) is 18.6. The van der Waals surface area contributed by atoms with Crippen LogP contribution in [-0.2, 0) is 0 Å². The van der Waals surface area contributed by atoms with Crippen molar-refractivity contribution in [3.05, 3.63) is 60.0 Å². The molecule has 2 aromatic carbocycles. The molecule has 0 atom stereocenters. The van der Waals surface area contributed by atoms with E-state index < -0.39 is 0 Å². The third kappa shape index (κ3) is 3.93. The Kier molecular flexibility index (Phi) is 4.75. The van der Waals surface area contributed by atoms with Crippen LogP contribution in [0.5, 0.6) is 0 Å². The van der Waals surface area contributed by atoms with Crippen molar-refractivity contribution in [3.63, 3.8) is 0 Å². The molecule has 1 fully saturated rings. The normalized spacial score (nSPS) is 14.0. The number of rotatable bonds is 4. The zero-order valence-corrected chi connectivity index (χ0v) is 14.8. The van der Waals surface area contributed by atoms with E-state index in [0.717, 1.165) is 37.2 Å². The van der Waals surface area contributed by atoms with Crippen molar-refractivity contribution in [3.8, 4) is 17.4 Å². The Balaban J connectivity index is 1.53. The number of hydrogen-bond acceptors (Lipinski definition) is 5. The Morgan fingerprint density at radius 3 is 2.59 bits per heavy atom. The van der Waals surface area contributed by atoms with Crippen LogP contribution < -0.4 is 10.2 Å². The van der Waals surface area contributed by atoms with Gasteiger partial charge in [0.15, 0.2) is 5.76 Å². The number of nitrogens with zero attached hydrogens (tertiary/aromatic N) is 3. The lowest BCUT2D eigenvalue weighted by molar-refractivity contribution is 0.574. The summed E-state index contributed by atoms with van der Waals surface area (Å²) in [6, 6.07) is 14.3. The van der Waals surface area contributed by atoms with Crippen LogP contribution in [0.25, 0.3) is 11.3 Å². The predicted molar refractivity (Wildman–Crippen MR) is 102 cm³/mol. The van der Waals surface area contributed by atoms with Crippen LogP contribution in [-0.4, -0.2) is 18.1 Å². The lowest BCUT2D eigenvalue weighted by atomic mass is 10.1. The van der Waals surface area contributed by atoms with Crippen LogP contribution >= 0.6 is 0 Å². The molecule has 3 aromatic rings. The number of benzene rings is 2. The summed E-state index contributed by atoms with van der Waals surface area (Å²) in [6.45, 7) is 1.90. The summed E-state index contributed by atoms with van der Waals surface area (Å²) in [5.74, 6) is 0.286. The zero-order valence-electron chi connectivity index (χ0n) is 14.8. The SMILES string of the molecule is N#Cc1ccc(-c2cnc(Nc3cc(F)cc(N4CCCCC4)c3)o2)cc1. The lowest BCUT2D eigenvalue weighted by Gasteiger charge is -2.29. The van der Waals surface area contributed by atoms with E-state index in [1.54, 1.807) is 36.5 Å². The summed E-state index contributed by atoms with van der Waals surface area (Å²) in [7, 11) is 0. The Hall–Kier alpha value is -3.33. The largest absolute Gasteiger partial charge is 0.423 e. The second kappa shape index (κ2) is 7.50. The van der Waals surface area contributed by atoms with Crippen molar-refractivity contribution in [1.82, 2.24) is 4.98 Å². The number of piperidine rings is 1. The van der Waals surface area contributed by atoms with E-state index in [9.17, 15) is 4.39 Å². The molecule has 0 amide bonds. The van der Waals surface area contributed by atoms with Gasteiger partial charge in [-0.2, -0.15) is 5.26 Å². The number of halogens is 1. The highest BCUT2D eigenvalue weighted by molar-refractivity contribution is 5.64. The molecular weight excluding hydrogens is 343 g/mol. The minimum atomic E-state index is -0.292. The van der Waals surface area contributed by atoms with Crippen molar-refractivity contribution in [2.24, 2.45) is 0 Å². The number of nitrogens with one attached hydrogen (secondary N) is 1. The summed E-state index contributed by atoms with van der Waals surface area (Å²) < 4.78 is 19.8. The van der Waals surface area contributed by atoms with Crippen molar-refractivity contribution in [2.75, 3.05) is 23.3 Å². The van der Waals surface area contributed by atoms with Gasteiger partial charge in [-0.05, 0) is 61.7 Å². The van der Waals surface area contributed by atoms with Gasteiger partial charge < -0.3 is 14.6 Å². The minimum Gasteiger partial charge on any atom is -0.423 e. The number of anilines is 3. The molecule has 0 bridgehead atoms. The maximum Gasteiger partial charge on any atom is 0.299 e. The number of aromatic nitrogens is 1. The average Bonchev–Trinajstić information content (AvgIpc) is 3.17. The maximum atomic E-state index is 14.1. The summed E-state index contributed by atoms with van der Waals surface area (Å²) in [4.78, 5) is 6.43. The van der Waals surface area contributed by atoms with Gasteiger partial charge in [0.2, 0.25) is 0 Å². The summed E-state index contributed by atoms with van der Waals surface area (Å²) in [5, 5.41) is 11.9. The fraction of sp³-hybridized carbons (Fsp3) is 0.238. The van der Waals surface area contributed by atoms with Crippen molar-refractivity contribution < 1.29 is 8.81 Å². The molecule has 1 saturated heterocycles. The van der Waals surface area contributed by atoms with Gasteiger partial charge in [-0.25, -0.2) is 9.37 Å². The van der Waals surface area contributed by atoms with Gasteiger partial charge in [0.05, 0.1) is 17.8 Å². The Bertz CT molecular complexity index is 969. The van der Waals surface area contributed by atoms with Crippen LogP contribution in [0.4, 0.5) is 21.8 Å². The summed E-state index contributed by atoms with van der Waals surface area (Å²) >= 11 is 0. The van der Waals surface area contributed by atoms with Gasteiger partial charge in [-0.15, -0.1) is 0 Å². The molecule has 1 aliphatic rings. The molecule has 0 aliphatic carbocycles. The standard InChI is InChI=1S/C21H19FN4O/c22-17-10-18(12-19(11-17)26-8-2-1-3-9-26)25-21-24-14-20(27-21)16-6-4-15(13-23)5-7-16/h4-7,10-12,14H,1-3,8-9H2,(H,24,25). The van der Waals surface area contributed by atoms with Gasteiger partial charge in [0, 0.05) is 30.0 Å². The molecular formula is C21H19FN4O. The molecule has 0 radical (unpaired) electrons. The quantitative estimate of drug-likeness (QED) is 0.700. The van der Waals surface area contributed by atoms with E-state index in [2.05, 4.69) is 21.3 Å². The molecule has 27 heavy (non-hydrogen) atoms. The molecule has 0 unspecified atom stereocenters. The van der Waals surface area contributed by atoms with Crippen LogP contribution in [0.3, 0.4) is 0 Å². The molecule has 136 valence electrons. The van der Waals surface area contributed by atoms with E-state index >= 15 is 0 Å². The van der Waals surface area contributed by atoms with Crippen molar-refractivity contribution in [2.45, 2.75) is 19.3 Å². The van der Waals surface area contributed by atoms with Gasteiger partial charge >= 0.3 is 0 Å². The predicted octanol–water partition coefficient (Wildman–Crippen LogP) is 5.09. The first-order chi connectivity index (χ1) is 13.2. The minimum absolute atomic E-state index is 0.292. The summed E-state index contributed by atoms with van der Waals surface area (Å²) in [6.07, 6.45) is 5.10. The first-order valence-corrected chi connectivity index (χ1v) is 9.00. The van der Waals surface area contributed by atoms with E-state index in [4.69, 9.17) is 9.68 Å². The fourth-order valence-corrected chi connectivity index (χ4v) is 3.28. The molecule has 6 heteroatoms. The smallest absolute Gasteiger partial charge is 0.299 e. The van der Waals surface area contributed by atoms with Gasteiger partial charge in [0.1, 0.15) is 5.82 Å². The van der Waals surface area contributed by atoms with E-state index in [0.29, 0.717) is 23.0 Å². The van der Waals surface area contributed by atoms with E-state index in [1.807, 2.05) is 6.07 Å². The molecule has 1 aromatic heterocycles. The summed E-state index contributed by atoms with van der Waals surface area (Å²) in [5.41, 5.74) is 2.88. The first kappa shape index (κ1) is 17.1. The number of oxazole rings is 1. The highest BCUT2D eigenvalue weighted by Crippen LogP contribution is 2.28. The molecule has 5 nitrogen and oxygen atoms in total. The van der Waals surface area contributed by atoms with Crippen LogP contribution in [0, 0.1) is 17.1 Å². The van der Waals surface area contributed by atoms with Crippen LogP contribution in [0.2, 0.25) is 0 Å². The highest BCUT2D eigenvalue weighted by Gasteiger charge is 2.14. The maximum absolute atomic E-state index is 14.1. The van der Waals surface area contributed by atoms with E-state index in [-0.39, 0.29) is 5.82 Å². The molecule has 4 rings (SSSR count). The van der Waals surface area contributed by atoms with Gasteiger partial charge in [-0.3, -0.25) is 0 Å². The molecule has 1 N–H and O–H groups in total. The molecule has 0 saturated carbocycles. The van der Waals surface area contributed by atoms with Crippen LogP contribution in [0.15, 0.2) is 53.1 Å². The Morgan fingerprint density at radius 1 is 1.07 bits per heavy atom. The topological polar surface area (TPSA) is 65.1 Å². The Morgan fingerprint density at radius 2 is 1.85 bits per heavy atom. The fourth-order valence-electron chi connectivity index (χ4n) is 3.28. The molecule has 1 aliphatic heterocycles. The third-order valence-electron chi connectivity index (χ3n) is 4.66.